The summed E-state index contributed by atoms with van der Waals surface area (Å²) in [5.41, 5.74) is 1.01. The largest absolute Gasteiger partial charge is 0.326 e. The molecule has 2 heterocycles. The van der Waals surface area contributed by atoms with Gasteiger partial charge in [-0.3, -0.25) is 10.1 Å². The number of nitrogens with zero attached hydrogens (tertiary/aromatic N) is 1. The normalized spacial score (nSPS) is 18.9. The number of aromatic nitrogens is 1. The monoisotopic (exact) mass is 399 g/mol. The molecule has 4 rings (SSSR count). The van der Waals surface area contributed by atoms with Crippen LogP contribution in [0.25, 0.3) is 10.2 Å². The Kier molecular flexibility index (Phi) is 5.31. The number of urea groups is 1. The first-order chi connectivity index (χ1) is 13.6. The van der Waals surface area contributed by atoms with E-state index in [1.54, 1.807) is 17.4 Å². The molecule has 1 fully saturated rings. The molecule has 3 aromatic rings. The second-order valence-corrected chi connectivity index (χ2v) is 7.84. The molecule has 8 heteroatoms. The molecule has 3 N–H and O–H groups in total. The van der Waals surface area contributed by atoms with E-state index in [1.165, 1.54) is 18.2 Å². The Morgan fingerprint density at radius 2 is 1.96 bits per heavy atom. The maximum absolute atomic E-state index is 13.6. The molecule has 0 saturated carbocycles. The molecule has 2 aromatic carbocycles. The molecule has 2 atom stereocenters. The summed E-state index contributed by atoms with van der Waals surface area (Å²) in [7, 11) is 0. The molecule has 0 aliphatic carbocycles. The number of rotatable bonds is 4. The third-order valence-corrected chi connectivity index (χ3v) is 6.00. The first-order valence-electron chi connectivity index (χ1n) is 9.15. The number of nitrogens with one attached hydrogen (secondary N) is 3. The minimum absolute atomic E-state index is 0.0358. The van der Waals surface area contributed by atoms with Crippen LogP contribution in [0.15, 0.2) is 48.5 Å². The maximum Gasteiger partial charge on any atom is 0.326 e. The lowest BCUT2D eigenvalue weighted by Gasteiger charge is -2.19. The van der Waals surface area contributed by atoms with Crippen LogP contribution >= 0.6 is 11.3 Å². The summed E-state index contributed by atoms with van der Waals surface area (Å²) < 4.78 is 14.7. The quantitative estimate of drug-likeness (QED) is 0.631. The van der Waals surface area contributed by atoms with E-state index < -0.39 is 17.8 Å². The number of hydrogen-bond acceptors (Lipinski definition) is 4. The third kappa shape index (κ3) is 4.02. The summed E-state index contributed by atoms with van der Waals surface area (Å²) in [6.07, 6.45) is 1.97. The van der Waals surface area contributed by atoms with E-state index in [9.17, 15) is 14.0 Å². The van der Waals surface area contributed by atoms with Crippen molar-refractivity contribution in [2.45, 2.75) is 18.9 Å². The van der Waals surface area contributed by atoms with E-state index in [-0.39, 0.29) is 18.3 Å². The van der Waals surface area contributed by atoms with Crippen molar-refractivity contribution in [2.75, 3.05) is 18.4 Å². The highest BCUT2D eigenvalue weighted by Crippen LogP contribution is 2.28. The molecule has 1 aliphatic rings. The van der Waals surface area contributed by atoms with Gasteiger partial charge in [-0.05, 0) is 24.3 Å². The molecule has 1 saturated heterocycles. The zero-order valence-electron chi connectivity index (χ0n) is 15.1. The zero-order chi connectivity index (χ0) is 19.5. The Hall–Kier alpha value is -2.84. The van der Waals surface area contributed by atoms with Gasteiger partial charge in [-0.15, -0.1) is 11.3 Å². The summed E-state index contributed by atoms with van der Waals surface area (Å²) >= 11 is 1.66. The number of fused-ring (bicyclic) bond motifs is 1. The predicted octanol–water partition coefficient (Wildman–Crippen LogP) is 2.50. The topological polar surface area (TPSA) is 75.5 Å². The second kappa shape index (κ2) is 8.04. The molecule has 6 nitrogen and oxygen atoms in total. The molecule has 144 valence electrons. The minimum atomic E-state index is -0.731. The first kappa shape index (κ1) is 18.5. The number of carbonyl (C=O) groups is 2. The average molecular weight is 399 g/mol. The maximum atomic E-state index is 13.6. The Bertz CT molecular complexity index is 989. The number of carbonyl (C=O) groups excluding carboxylic acids is 2. The van der Waals surface area contributed by atoms with Crippen LogP contribution in [0.4, 0.5) is 14.9 Å². The molecule has 1 aliphatic heterocycles. The second-order valence-electron chi connectivity index (χ2n) is 6.78. The zero-order valence-corrected chi connectivity index (χ0v) is 15.9. The number of amides is 3. The van der Waals surface area contributed by atoms with Crippen molar-refractivity contribution in [2.24, 2.45) is 0 Å². The van der Waals surface area contributed by atoms with Gasteiger partial charge in [-0.25, -0.2) is 14.2 Å². The lowest BCUT2D eigenvalue weighted by molar-refractivity contribution is -0.910. The fraction of sp³-hybridized carbons (Fsp3) is 0.250. The van der Waals surface area contributed by atoms with Crippen LogP contribution in [0.5, 0.6) is 0 Å². The highest BCUT2D eigenvalue weighted by atomic mass is 32.1. The number of benzene rings is 2. The number of halogens is 1. The van der Waals surface area contributed by atoms with Gasteiger partial charge in [0.05, 0.1) is 22.4 Å². The fourth-order valence-electron chi connectivity index (χ4n) is 3.55. The number of hydrogen-bond donors (Lipinski definition) is 3. The Morgan fingerprint density at radius 3 is 2.79 bits per heavy atom. The van der Waals surface area contributed by atoms with Crippen LogP contribution in [0, 0.1) is 5.82 Å². The molecule has 1 unspecified atom stereocenters. The standard InChI is InChI=1S/C20H19FN4O2S/c21-13-6-1-2-7-14(13)23-20(27)24-18(26)12-25-11-5-9-16(25)19-22-15-8-3-4-10-17(15)28-19/h1-4,6-8,10,16H,5,9,11-12H2,(H2,23,24,26,27)/p+1/t16-/m0/s1. The average Bonchev–Trinajstić information content (AvgIpc) is 3.29. The van der Waals surface area contributed by atoms with Crippen LogP contribution in [0.2, 0.25) is 0 Å². The summed E-state index contributed by atoms with van der Waals surface area (Å²) in [4.78, 5) is 30.1. The van der Waals surface area contributed by atoms with Gasteiger partial charge in [0.2, 0.25) is 0 Å². The number of likely N-dealkylation sites (tertiary alicyclic amines) is 1. The number of quaternary nitrogens is 1. The molecular formula is C20H20FN4O2S+. The lowest BCUT2D eigenvalue weighted by atomic mass is 10.2. The van der Waals surface area contributed by atoms with Crippen molar-refractivity contribution in [3.05, 3.63) is 59.4 Å². The van der Waals surface area contributed by atoms with Gasteiger partial charge in [0.25, 0.3) is 5.91 Å². The number of imide groups is 1. The van der Waals surface area contributed by atoms with Gasteiger partial charge in [0.1, 0.15) is 11.9 Å². The van der Waals surface area contributed by atoms with E-state index in [0.717, 1.165) is 39.5 Å². The van der Waals surface area contributed by atoms with Gasteiger partial charge < -0.3 is 10.2 Å². The highest BCUT2D eigenvalue weighted by Gasteiger charge is 2.34. The van der Waals surface area contributed by atoms with E-state index in [1.807, 2.05) is 24.3 Å². The van der Waals surface area contributed by atoms with E-state index >= 15 is 0 Å². The van der Waals surface area contributed by atoms with Crippen molar-refractivity contribution in [1.29, 1.82) is 0 Å². The van der Waals surface area contributed by atoms with Crippen molar-refractivity contribution in [1.82, 2.24) is 10.3 Å². The summed E-state index contributed by atoms with van der Waals surface area (Å²) in [6.45, 7) is 1.02. The lowest BCUT2D eigenvalue weighted by Crippen LogP contribution is -3.11. The van der Waals surface area contributed by atoms with Crippen LogP contribution in [0.1, 0.15) is 23.9 Å². The van der Waals surface area contributed by atoms with E-state index in [4.69, 9.17) is 4.98 Å². The smallest absolute Gasteiger partial charge is 0.319 e. The minimum Gasteiger partial charge on any atom is -0.319 e. The van der Waals surface area contributed by atoms with Crippen molar-refractivity contribution in [3.8, 4) is 0 Å². The van der Waals surface area contributed by atoms with Crippen molar-refractivity contribution >= 4 is 39.2 Å². The predicted molar refractivity (Wildman–Crippen MR) is 106 cm³/mol. The molecule has 0 spiro atoms. The molecule has 3 amide bonds. The number of thiazole rings is 1. The SMILES string of the molecule is O=C(C[NH+]1CCC[C@H]1c1nc2ccccc2s1)NC(=O)Nc1ccccc1F. The van der Waals surface area contributed by atoms with Gasteiger partial charge in [-0.1, -0.05) is 24.3 Å². The number of anilines is 1. The molecule has 28 heavy (non-hydrogen) atoms. The Balaban J connectivity index is 1.38. The summed E-state index contributed by atoms with van der Waals surface area (Å²) in [5.74, 6) is -0.942. The molecular weight excluding hydrogens is 379 g/mol. The van der Waals surface area contributed by atoms with Gasteiger partial charge in [0.15, 0.2) is 11.6 Å². The van der Waals surface area contributed by atoms with Crippen molar-refractivity contribution < 1.29 is 18.9 Å². The summed E-state index contributed by atoms with van der Waals surface area (Å²) in [5, 5.41) is 5.67. The number of para-hydroxylation sites is 2. The van der Waals surface area contributed by atoms with E-state index in [0.29, 0.717) is 0 Å². The van der Waals surface area contributed by atoms with Crippen LogP contribution in [-0.4, -0.2) is 30.0 Å². The Morgan fingerprint density at radius 1 is 1.18 bits per heavy atom. The van der Waals surface area contributed by atoms with Crippen molar-refractivity contribution in [3.63, 3.8) is 0 Å². The molecule has 0 radical (unpaired) electrons. The van der Waals surface area contributed by atoms with Crippen LogP contribution in [0.3, 0.4) is 0 Å². The van der Waals surface area contributed by atoms with E-state index in [2.05, 4.69) is 10.6 Å². The molecule has 1 aromatic heterocycles. The van der Waals surface area contributed by atoms with Crippen LogP contribution < -0.4 is 15.5 Å². The van der Waals surface area contributed by atoms with Gasteiger partial charge in [0, 0.05) is 12.8 Å². The summed E-state index contributed by atoms with van der Waals surface area (Å²) in [6, 6.07) is 13.2. The van der Waals surface area contributed by atoms with Gasteiger partial charge >= 0.3 is 6.03 Å². The molecule has 0 bridgehead atoms. The fourth-order valence-corrected chi connectivity index (χ4v) is 4.71. The van der Waals surface area contributed by atoms with Gasteiger partial charge in [-0.2, -0.15) is 0 Å². The third-order valence-electron chi connectivity index (χ3n) is 4.85. The van der Waals surface area contributed by atoms with Crippen LogP contribution in [-0.2, 0) is 4.79 Å². The highest BCUT2D eigenvalue weighted by molar-refractivity contribution is 7.18. The first-order valence-corrected chi connectivity index (χ1v) is 9.97. The Labute approximate surface area is 165 Å².